The maximum atomic E-state index is 12.4. The number of hydrogen-bond donors (Lipinski definition) is 1. The van der Waals surface area contributed by atoms with E-state index in [0.29, 0.717) is 34.8 Å². The number of nitrogens with one attached hydrogen (secondary N) is 1. The highest BCUT2D eigenvalue weighted by Gasteiger charge is 2.31. The van der Waals surface area contributed by atoms with Crippen molar-refractivity contribution in [1.82, 2.24) is 14.5 Å². The maximum absolute atomic E-state index is 12.4. The van der Waals surface area contributed by atoms with E-state index < -0.39 is 6.09 Å². The van der Waals surface area contributed by atoms with Crippen LogP contribution in [0.25, 0.3) is 22.2 Å². The number of aryl methyl sites for hydroxylation is 2. The number of carbonyl (C=O) groups is 1. The van der Waals surface area contributed by atoms with Gasteiger partial charge in [0.25, 0.3) is 0 Å². The fourth-order valence-corrected chi connectivity index (χ4v) is 5.10. The first-order valence-electron chi connectivity index (χ1n) is 13.5. The zero-order valence-corrected chi connectivity index (χ0v) is 22.4. The molecule has 2 fully saturated rings. The molecule has 8 nitrogen and oxygen atoms in total. The third-order valence-corrected chi connectivity index (χ3v) is 7.57. The Hall–Kier alpha value is -4.38. The summed E-state index contributed by atoms with van der Waals surface area (Å²) in [6, 6.07) is 16.1. The van der Waals surface area contributed by atoms with E-state index in [1.165, 1.54) is 12.8 Å². The van der Waals surface area contributed by atoms with Crippen LogP contribution in [0.1, 0.15) is 49.4 Å². The third kappa shape index (κ3) is 5.30. The predicted molar refractivity (Wildman–Crippen MR) is 149 cm³/mol. The Morgan fingerprint density at radius 1 is 1.15 bits per heavy atom. The minimum Gasteiger partial charge on any atom is -0.446 e. The Kier molecular flexibility index (Phi) is 6.43. The number of ether oxygens (including phenoxy) is 2. The van der Waals surface area contributed by atoms with Crippen molar-refractivity contribution in [2.24, 2.45) is 11.8 Å². The van der Waals surface area contributed by atoms with E-state index in [4.69, 9.17) is 9.47 Å². The largest absolute Gasteiger partial charge is 0.446 e. The molecule has 2 aliphatic rings. The lowest BCUT2D eigenvalue weighted by Crippen LogP contribution is -2.21. The summed E-state index contributed by atoms with van der Waals surface area (Å²) in [4.78, 5) is 21.0. The predicted octanol–water partition coefficient (Wildman–Crippen LogP) is 7.14. The summed E-state index contributed by atoms with van der Waals surface area (Å²) < 4.78 is 13.8. The van der Waals surface area contributed by atoms with E-state index in [2.05, 4.69) is 25.9 Å². The van der Waals surface area contributed by atoms with Gasteiger partial charge >= 0.3 is 12.1 Å². The first kappa shape index (κ1) is 24.9. The van der Waals surface area contributed by atoms with Gasteiger partial charge in [-0.15, -0.1) is 0 Å². The van der Waals surface area contributed by atoms with Crippen LogP contribution in [0, 0.1) is 37.0 Å². The van der Waals surface area contributed by atoms with Crippen molar-refractivity contribution in [3.63, 3.8) is 0 Å². The average Bonchev–Trinajstić information content (AvgIpc) is 3.82. The van der Waals surface area contributed by atoms with Gasteiger partial charge in [0.15, 0.2) is 0 Å². The maximum Gasteiger partial charge on any atom is 0.411 e. The number of anilines is 1. The molecule has 1 N–H and O–H groups in total. The zero-order chi connectivity index (χ0) is 27.1. The molecule has 1 amide bonds. The second-order valence-corrected chi connectivity index (χ2v) is 10.8. The molecule has 2 saturated carbocycles. The average molecular weight is 522 g/mol. The van der Waals surface area contributed by atoms with Gasteiger partial charge in [-0.3, -0.25) is 5.32 Å². The number of aromatic nitrogens is 3. The smallest absolute Gasteiger partial charge is 0.411 e. The molecular weight excluding hydrogens is 490 g/mol. The molecule has 0 aliphatic heterocycles. The minimum atomic E-state index is -0.438. The Labute approximate surface area is 227 Å². The molecule has 2 aromatic carbocycles. The van der Waals surface area contributed by atoms with Crippen LogP contribution in [0.2, 0.25) is 0 Å². The Bertz CT molecular complexity index is 1610. The fraction of sp³-hybridized carbons (Fsp3) is 0.355. The molecule has 0 bridgehead atoms. The van der Waals surface area contributed by atoms with Crippen molar-refractivity contribution in [3.05, 3.63) is 65.5 Å². The summed E-state index contributed by atoms with van der Waals surface area (Å²) >= 11 is 0. The number of benzene rings is 2. The molecule has 4 aromatic rings. The van der Waals surface area contributed by atoms with Gasteiger partial charge in [0, 0.05) is 41.1 Å². The molecule has 6 rings (SSSR count). The quantitative estimate of drug-likeness (QED) is 0.264. The van der Waals surface area contributed by atoms with Crippen LogP contribution in [0.3, 0.4) is 0 Å². The van der Waals surface area contributed by atoms with E-state index in [9.17, 15) is 10.1 Å². The van der Waals surface area contributed by atoms with E-state index in [-0.39, 0.29) is 6.10 Å². The molecule has 198 valence electrons. The van der Waals surface area contributed by atoms with Gasteiger partial charge in [-0.05, 0) is 94.2 Å². The van der Waals surface area contributed by atoms with Gasteiger partial charge in [0.2, 0.25) is 0 Å². The standard InChI is InChI=1S/C31H31N5O3/c1-18-14-23(35-31(37)38-20(3)22-6-7-22)8-10-25(18)29-27(16-32)26-11-9-24(39-30-33-13-12-19(2)34-30)15-28(26)36(29)17-21-4-5-21/h8-15,20-22H,4-7,17H2,1-3H3,(H,35,37). The van der Waals surface area contributed by atoms with Crippen molar-refractivity contribution < 1.29 is 14.3 Å². The molecule has 1 atom stereocenters. The molecule has 1 unspecified atom stereocenters. The van der Waals surface area contributed by atoms with E-state index >= 15 is 0 Å². The molecule has 0 spiro atoms. The summed E-state index contributed by atoms with van der Waals surface area (Å²) in [5.41, 5.74) is 5.87. The van der Waals surface area contributed by atoms with Crippen molar-refractivity contribution in [2.75, 3.05) is 5.32 Å². The van der Waals surface area contributed by atoms with Gasteiger partial charge in [0.05, 0.1) is 16.8 Å². The molecular formula is C31H31N5O3. The third-order valence-electron chi connectivity index (χ3n) is 7.57. The SMILES string of the molecule is Cc1ccnc(Oc2ccc3c(C#N)c(-c4ccc(NC(=O)OC(C)C5CC5)cc4C)n(CC4CC4)c3c2)n1. The lowest BCUT2D eigenvalue weighted by Gasteiger charge is -2.16. The van der Waals surface area contributed by atoms with Gasteiger partial charge < -0.3 is 14.0 Å². The molecule has 2 aromatic heterocycles. The number of amides is 1. The lowest BCUT2D eigenvalue weighted by molar-refractivity contribution is 0.108. The van der Waals surface area contributed by atoms with Gasteiger partial charge in [0.1, 0.15) is 17.9 Å². The number of hydrogen-bond acceptors (Lipinski definition) is 6. The van der Waals surface area contributed by atoms with Crippen LogP contribution in [0.4, 0.5) is 10.5 Å². The van der Waals surface area contributed by atoms with E-state index in [0.717, 1.165) is 52.8 Å². The normalized spacial score (nSPS) is 15.5. The Morgan fingerprint density at radius 2 is 1.97 bits per heavy atom. The van der Waals surface area contributed by atoms with Gasteiger partial charge in [-0.1, -0.05) is 6.07 Å². The monoisotopic (exact) mass is 521 g/mol. The number of nitriles is 1. The Balaban J connectivity index is 1.36. The van der Waals surface area contributed by atoms with Crippen molar-refractivity contribution in [1.29, 1.82) is 5.26 Å². The van der Waals surface area contributed by atoms with Crippen LogP contribution in [0.15, 0.2) is 48.7 Å². The first-order chi connectivity index (χ1) is 18.9. The highest BCUT2D eigenvalue weighted by Crippen LogP contribution is 2.41. The van der Waals surface area contributed by atoms with Crippen LogP contribution < -0.4 is 10.1 Å². The fourth-order valence-electron chi connectivity index (χ4n) is 5.10. The van der Waals surface area contributed by atoms with Crippen LogP contribution in [0.5, 0.6) is 11.8 Å². The van der Waals surface area contributed by atoms with E-state index in [1.807, 2.05) is 63.2 Å². The van der Waals surface area contributed by atoms with Crippen LogP contribution in [-0.2, 0) is 11.3 Å². The van der Waals surface area contributed by atoms with Crippen molar-refractivity contribution in [3.8, 4) is 29.1 Å². The summed E-state index contributed by atoms with van der Waals surface area (Å²) in [6.45, 7) is 6.66. The minimum absolute atomic E-state index is 0.0759. The number of rotatable bonds is 8. The van der Waals surface area contributed by atoms with Crippen molar-refractivity contribution in [2.45, 2.75) is 59.1 Å². The van der Waals surface area contributed by atoms with Gasteiger partial charge in [-0.2, -0.15) is 5.26 Å². The molecule has 39 heavy (non-hydrogen) atoms. The zero-order valence-electron chi connectivity index (χ0n) is 22.4. The summed E-state index contributed by atoms with van der Waals surface area (Å²) in [5, 5.41) is 14.0. The van der Waals surface area contributed by atoms with Crippen molar-refractivity contribution >= 4 is 22.7 Å². The molecule has 2 heterocycles. The summed E-state index contributed by atoms with van der Waals surface area (Å²) in [5.74, 6) is 1.68. The highest BCUT2D eigenvalue weighted by molar-refractivity contribution is 5.96. The molecule has 0 saturated heterocycles. The number of carbonyl (C=O) groups excluding carboxylic acids is 1. The topological polar surface area (TPSA) is 102 Å². The summed E-state index contributed by atoms with van der Waals surface area (Å²) in [6.07, 6.45) is 5.75. The second-order valence-electron chi connectivity index (χ2n) is 10.8. The first-order valence-corrected chi connectivity index (χ1v) is 13.5. The second kappa shape index (κ2) is 10.1. The van der Waals surface area contributed by atoms with Gasteiger partial charge in [-0.25, -0.2) is 14.8 Å². The Morgan fingerprint density at radius 3 is 2.67 bits per heavy atom. The molecule has 2 aliphatic carbocycles. The van der Waals surface area contributed by atoms with E-state index in [1.54, 1.807) is 6.20 Å². The molecule has 0 radical (unpaired) electrons. The van der Waals surface area contributed by atoms with Crippen LogP contribution in [-0.4, -0.2) is 26.7 Å². The highest BCUT2D eigenvalue weighted by atomic mass is 16.6. The lowest BCUT2D eigenvalue weighted by atomic mass is 10.0. The number of nitrogens with zero attached hydrogens (tertiary/aromatic N) is 4. The summed E-state index contributed by atoms with van der Waals surface area (Å²) in [7, 11) is 0. The molecule has 8 heteroatoms. The van der Waals surface area contributed by atoms with Crippen LogP contribution >= 0.6 is 0 Å². The number of fused-ring (bicyclic) bond motifs is 1.